The van der Waals surface area contributed by atoms with Gasteiger partial charge >= 0.3 is 5.97 Å². The van der Waals surface area contributed by atoms with Gasteiger partial charge in [0.2, 0.25) is 0 Å². The number of amides is 1. The van der Waals surface area contributed by atoms with Crippen molar-refractivity contribution in [1.82, 2.24) is 4.90 Å². The Kier molecular flexibility index (Phi) is 4.03. The number of benzene rings is 1. The molecule has 1 heterocycles. The predicted molar refractivity (Wildman–Crippen MR) is 72.4 cm³/mol. The average Bonchev–Trinajstić information content (AvgIpc) is 2.87. The Balaban J connectivity index is 2.26. The van der Waals surface area contributed by atoms with Crippen LogP contribution in [0.5, 0.6) is 0 Å². The molecule has 1 aromatic rings. The van der Waals surface area contributed by atoms with Crippen LogP contribution in [0.15, 0.2) is 22.7 Å². The number of halogens is 1. The molecule has 0 radical (unpaired) electrons. The Morgan fingerprint density at radius 2 is 2.15 bits per heavy atom. The van der Waals surface area contributed by atoms with Crippen LogP contribution >= 0.6 is 15.9 Å². The molecule has 0 bridgehead atoms. The van der Waals surface area contributed by atoms with Crippen LogP contribution in [0.25, 0.3) is 0 Å². The van der Waals surface area contributed by atoms with E-state index in [2.05, 4.69) is 15.9 Å². The number of hydrogen-bond donors (Lipinski definition) is 1. The number of hydrogen-bond acceptors (Lipinski definition) is 4. The standard InChI is InChI=1S/C12H11BrN2O5/c13-8-1-2-9(10(5-8)15(19)20)11(16)14-4-3-7(6-14)12(17)18/h1-2,5,7H,3-4,6H2,(H,17,18). The second kappa shape index (κ2) is 5.58. The smallest absolute Gasteiger partial charge is 0.308 e. The van der Waals surface area contributed by atoms with E-state index in [1.807, 2.05) is 0 Å². The Bertz CT molecular complexity index is 589. The summed E-state index contributed by atoms with van der Waals surface area (Å²) in [5.74, 6) is -2.06. The van der Waals surface area contributed by atoms with Crippen LogP contribution in [0.4, 0.5) is 5.69 Å². The fraction of sp³-hybridized carbons (Fsp3) is 0.333. The normalized spacial score (nSPS) is 18.1. The number of nitrogens with zero attached hydrogens (tertiary/aromatic N) is 2. The minimum atomic E-state index is -0.953. The van der Waals surface area contributed by atoms with Gasteiger partial charge in [0, 0.05) is 23.6 Å². The number of carbonyl (C=O) groups excluding carboxylic acids is 1. The minimum absolute atomic E-state index is 0.0239. The second-order valence-corrected chi connectivity index (χ2v) is 5.41. The van der Waals surface area contributed by atoms with Crippen molar-refractivity contribution >= 4 is 33.5 Å². The zero-order valence-electron chi connectivity index (χ0n) is 10.3. The number of carboxylic acids is 1. The highest BCUT2D eigenvalue weighted by Gasteiger charge is 2.33. The monoisotopic (exact) mass is 342 g/mol. The minimum Gasteiger partial charge on any atom is -0.481 e. The molecule has 1 fully saturated rings. The number of nitro groups is 1. The highest BCUT2D eigenvalue weighted by molar-refractivity contribution is 9.10. The van der Waals surface area contributed by atoms with Gasteiger partial charge in [0.25, 0.3) is 11.6 Å². The number of carbonyl (C=O) groups is 2. The quantitative estimate of drug-likeness (QED) is 0.667. The molecular formula is C12H11BrN2O5. The fourth-order valence-electron chi connectivity index (χ4n) is 2.15. The van der Waals surface area contributed by atoms with Crippen LogP contribution in [0.1, 0.15) is 16.8 Å². The summed E-state index contributed by atoms with van der Waals surface area (Å²) in [5, 5.41) is 19.9. The molecular weight excluding hydrogens is 332 g/mol. The molecule has 1 atom stereocenters. The Morgan fingerprint density at radius 3 is 2.70 bits per heavy atom. The molecule has 1 aliphatic rings. The third-order valence-electron chi connectivity index (χ3n) is 3.21. The third kappa shape index (κ3) is 2.79. The van der Waals surface area contributed by atoms with Crippen molar-refractivity contribution in [2.45, 2.75) is 6.42 Å². The van der Waals surface area contributed by atoms with Gasteiger partial charge in [0.15, 0.2) is 0 Å². The zero-order valence-corrected chi connectivity index (χ0v) is 11.9. The first-order valence-corrected chi connectivity index (χ1v) is 6.65. The van der Waals surface area contributed by atoms with Crippen molar-refractivity contribution < 1.29 is 19.6 Å². The largest absolute Gasteiger partial charge is 0.481 e. The molecule has 106 valence electrons. The first-order chi connectivity index (χ1) is 9.40. The summed E-state index contributed by atoms with van der Waals surface area (Å²) >= 11 is 3.12. The molecule has 0 spiro atoms. The molecule has 1 saturated heterocycles. The van der Waals surface area contributed by atoms with Crippen LogP contribution in [0.3, 0.4) is 0 Å². The van der Waals surface area contributed by atoms with E-state index in [4.69, 9.17) is 5.11 Å². The number of likely N-dealkylation sites (tertiary alicyclic amines) is 1. The van der Waals surface area contributed by atoms with E-state index in [-0.39, 0.29) is 17.8 Å². The lowest BCUT2D eigenvalue weighted by Crippen LogP contribution is -2.30. The number of nitro benzene ring substituents is 1. The van der Waals surface area contributed by atoms with Gasteiger partial charge in [0.05, 0.1) is 10.8 Å². The van der Waals surface area contributed by atoms with E-state index in [9.17, 15) is 19.7 Å². The maximum absolute atomic E-state index is 12.3. The lowest BCUT2D eigenvalue weighted by Gasteiger charge is -2.15. The summed E-state index contributed by atoms with van der Waals surface area (Å²) < 4.78 is 0.505. The average molecular weight is 343 g/mol. The van der Waals surface area contributed by atoms with E-state index in [1.54, 1.807) is 6.07 Å². The van der Waals surface area contributed by atoms with E-state index in [1.165, 1.54) is 17.0 Å². The third-order valence-corrected chi connectivity index (χ3v) is 3.70. The van der Waals surface area contributed by atoms with Gasteiger partial charge in [-0.15, -0.1) is 0 Å². The first-order valence-electron chi connectivity index (χ1n) is 5.86. The number of rotatable bonds is 3. The topological polar surface area (TPSA) is 101 Å². The van der Waals surface area contributed by atoms with Crippen molar-refractivity contribution in [3.8, 4) is 0 Å². The van der Waals surface area contributed by atoms with E-state index in [0.717, 1.165) is 0 Å². The molecule has 2 rings (SSSR count). The van der Waals surface area contributed by atoms with Crippen LogP contribution < -0.4 is 0 Å². The van der Waals surface area contributed by atoms with Crippen LogP contribution in [0.2, 0.25) is 0 Å². The maximum atomic E-state index is 12.3. The van der Waals surface area contributed by atoms with Gasteiger partial charge in [-0.1, -0.05) is 15.9 Å². The summed E-state index contributed by atoms with van der Waals surface area (Å²) in [7, 11) is 0. The summed E-state index contributed by atoms with van der Waals surface area (Å²) in [6.45, 7) is 0.379. The molecule has 8 heteroatoms. The van der Waals surface area contributed by atoms with E-state index < -0.39 is 22.7 Å². The summed E-state index contributed by atoms with van der Waals surface area (Å²) in [5.41, 5.74) is -0.313. The van der Waals surface area contributed by atoms with Gasteiger partial charge in [0.1, 0.15) is 5.56 Å². The Hall–Kier alpha value is -1.96. The molecule has 1 aliphatic heterocycles. The number of carboxylic acid groups (broad SMARTS) is 1. The zero-order chi connectivity index (χ0) is 14.9. The molecule has 20 heavy (non-hydrogen) atoms. The summed E-state index contributed by atoms with van der Waals surface area (Å²) in [6.07, 6.45) is 0.366. The lowest BCUT2D eigenvalue weighted by atomic mass is 10.1. The molecule has 1 amide bonds. The molecule has 0 aromatic heterocycles. The molecule has 0 aliphatic carbocycles. The van der Waals surface area contributed by atoms with E-state index >= 15 is 0 Å². The van der Waals surface area contributed by atoms with Crippen molar-refractivity contribution in [1.29, 1.82) is 0 Å². The van der Waals surface area contributed by atoms with Crippen molar-refractivity contribution in [2.75, 3.05) is 13.1 Å². The van der Waals surface area contributed by atoms with Crippen LogP contribution in [-0.2, 0) is 4.79 Å². The van der Waals surface area contributed by atoms with Crippen molar-refractivity contribution in [3.05, 3.63) is 38.3 Å². The SMILES string of the molecule is O=C(O)C1CCN(C(=O)c2ccc(Br)cc2[N+](=O)[O-])C1. The first kappa shape index (κ1) is 14.4. The van der Waals surface area contributed by atoms with Gasteiger partial charge in [-0.2, -0.15) is 0 Å². The van der Waals surface area contributed by atoms with Gasteiger partial charge in [-0.05, 0) is 18.6 Å². The van der Waals surface area contributed by atoms with Crippen molar-refractivity contribution in [2.24, 2.45) is 5.92 Å². The highest BCUT2D eigenvalue weighted by Crippen LogP contribution is 2.27. The molecule has 1 unspecified atom stereocenters. The summed E-state index contributed by atoms with van der Waals surface area (Å²) in [6, 6.07) is 4.18. The highest BCUT2D eigenvalue weighted by atomic mass is 79.9. The Labute approximate surface area is 122 Å². The molecule has 0 saturated carbocycles. The Morgan fingerprint density at radius 1 is 1.45 bits per heavy atom. The van der Waals surface area contributed by atoms with Crippen LogP contribution in [0, 0.1) is 16.0 Å². The molecule has 1 aromatic carbocycles. The van der Waals surface area contributed by atoms with Crippen molar-refractivity contribution in [3.63, 3.8) is 0 Å². The molecule has 1 N–H and O–H groups in total. The predicted octanol–water partition coefficient (Wildman–Crippen LogP) is 1.90. The van der Waals surface area contributed by atoms with Gasteiger partial charge < -0.3 is 10.0 Å². The lowest BCUT2D eigenvalue weighted by molar-refractivity contribution is -0.385. The van der Waals surface area contributed by atoms with E-state index in [0.29, 0.717) is 17.4 Å². The van der Waals surface area contributed by atoms with Gasteiger partial charge in [-0.3, -0.25) is 19.7 Å². The molecule has 7 nitrogen and oxygen atoms in total. The summed E-state index contributed by atoms with van der Waals surface area (Å²) in [4.78, 5) is 34.8. The van der Waals surface area contributed by atoms with Gasteiger partial charge in [-0.25, -0.2) is 0 Å². The fourth-order valence-corrected chi connectivity index (χ4v) is 2.50. The second-order valence-electron chi connectivity index (χ2n) is 4.49. The van der Waals surface area contributed by atoms with Crippen LogP contribution in [-0.4, -0.2) is 39.9 Å². The number of aliphatic carboxylic acids is 1. The maximum Gasteiger partial charge on any atom is 0.308 e.